The monoisotopic (exact) mass is 778 g/mol. The second-order valence-corrected chi connectivity index (χ2v) is 20.2. The molecule has 0 heterocycles. The van der Waals surface area contributed by atoms with E-state index in [1.807, 2.05) is 125 Å². The van der Waals surface area contributed by atoms with Gasteiger partial charge in [0, 0.05) is 10.8 Å². The van der Waals surface area contributed by atoms with E-state index in [2.05, 4.69) is 32.9 Å². The van der Waals surface area contributed by atoms with E-state index in [1.54, 1.807) is 18.2 Å². The SMILES string of the molecule is CC(C)(C)c1cccc(C(C)(CC(=O)OCCOC(=O)CC(C)(c2ccc(O)c(C(C)(C)C)c2)c2ccc(O)c(C(C)(C)C)c2)c2ccc(O)c(C(C)(C)C)c2)c1. The summed E-state index contributed by atoms with van der Waals surface area (Å²) in [7, 11) is 0. The maximum Gasteiger partial charge on any atom is 0.307 e. The van der Waals surface area contributed by atoms with Crippen molar-refractivity contribution in [2.45, 2.75) is 142 Å². The Bertz CT molecular complexity index is 2020. The largest absolute Gasteiger partial charge is 0.508 e. The van der Waals surface area contributed by atoms with Gasteiger partial charge in [-0.25, -0.2) is 0 Å². The molecular weight excluding hydrogens is 713 g/mol. The van der Waals surface area contributed by atoms with Crippen LogP contribution in [0.1, 0.15) is 154 Å². The van der Waals surface area contributed by atoms with Crippen molar-refractivity contribution in [1.82, 2.24) is 0 Å². The number of phenols is 3. The molecule has 0 radical (unpaired) electrons. The Morgan fingerprint density at radius 3 is 1.02 bits per heavy atom. The van der Waals surface area contributed by atoms with E-state index in [-0.39, 0.29) is 65.0 Å². The molecule has 7 heteroatoms. The molecule has 0 bridgehead atoms. The van der Waals surface area contributed by atoms with E-state index < -0.39 is 22.8 Å². The van der Waals surface area contributed by atoms with Gasteiger partial charge < -0.3 is 24.8 Å². The van der Waals surface area contributed by atoms with E-state index in [9.17, 15) is 24.9 Å². The molecule has 0 aliphatic rings. The minimum atomic E-state index is -0.894. The van der Waals surface area contributed by atoms with Crippen molar-refractivity contribution in [2.24, 2.45) is 0 Å². The molecule has 0 aromatic heterocycles. The van der Waals surface area contributed by atoms with Crippen LogP contribution < -0.4 is 0 Å². The second-order valence-electron chi connectivity index (χ2n) is 20.2. The minimum Gasteiger partial charge on any atom is -0.508 e. The Hall–Kier alpha value is -4.78. The average molecular weight is 779 g/mol. The van der Waals surface area contributed by atoms with E-state index in [4.69, 9.17) is 9.47 Å². The van der Waals surface area contributed by atoms with E-state index in [0.717, 1.165) is 44.5 Å². The lowest BCUT2D eigenvalue weighted by Gasteiger charge is -2.34. The van der Waals surface area contributed by atoms with Crippen LogP contribution in [0.25, 0.3) is 0 Å². The predicted octanol–water partition coefficient (Wildman–Crippen LogP) is 11.2. The first-order valence-electron chi connectivity index (χ1n) is 20.0. The van der Waals surface area contributed by atoms with Gasteiger partial charge in [0.15, 0.2) is 0 Å². The highest BCUT2D eigenvalue weighted by Gasteiger charge is 2.37. The third-order valence-corrected chi connectivity index (χ3v) is 11.3. The zero-order valence-corrected chi connectivity index (χ0v) is 36.8. The average Bonchev–Trinajstić information content (AvgIpc) is 3.08. The van der Waals surface area contributed by atoms with E-state index in [1.165, 1.54) is 0 Å². The number of carbonyl (C=O) groups excluding carboxylic acids is 2. The van der Waals surface area contributed by atoms with Crippen LogP contribution >= 0.6 is 0 Å². The van der Waals surface area contributed by atoms with Crippen LogP contribution in [-0.2, 0) is 51.6 Å². The number of carbonyl (C=O) groups is 2. The predicted molar refractivity (Wildman–Crippen MR) is 230 cm³/mol. The van der Waals surface area contributed by atoms with Crippen molar-refractivity contribution in [1.29, 1.82) is 0 Å². The zero-order valence-electron chi connectivity index (χ0n) is 36.8. The van der Waals surface area contributed by atoms with Crippen LogP contribution in [0.4, 0.5) is 0 Å². The molecular formula is C50H66O7. The summed E-state index contributed by atoms with van der Waals surface area (Å²) in [6, 6.07) is 24.7. The van der Waals surface area contributed by atoms with Gasteiger partial charge >= 0.3 is 11.9 Å². The van der Waals surface area contributed by atoms with Crippen LogP contribution in [0, 0.1) is 0 Å². The van der Waals surface area contributed by atoms with Crippen LogP contribution in [-0.4, -0.2) is 40.5 Å². The lowest BCUT2D eigenvalue weighted by molar-refractivity contribution is -0.153. The minimum absolute atomic E-state index is 0.0227. The van der Waals surface area contributed by atoms with Gasteiger partial charge in [-0.2, -0.15) is 0 Å². The molecule has 0 spiro atoms. The molecule has 0 saturated heterocycles. The molecule has 4 rings (SSSR count). The summed E-state index contributed by atoms with van der Waals surface area (Å²) in [5.41, 5.74) is 4.04. The van der Waals surface area contributed by atoms with Crippen molar-refractivity contribution < 1.29 is 34.4 Å². The van der Waals surface area contributed by atoms with Crippen LogP contribution in [0.3, 0.4) is 0 Å². The molecule has 0 saturated carbocycles. The van der Waals surface area contributed by atoms with Crippen molar-refractivity contribution in [3.05, 3.63) is 123 Å². The van der Waals surface area contributed by atoms with Crippen LogP contribution in [0.15, 0.2) is 78.9 Å². The van der Waals surface area contributed by atoms with Crippen LogP contribution in [0.5, 0.6) is 17.2 Å². The van der Waals surface area contributed by atoms with Crippen molar-refractivity contribution in [2.75, 3.05) is 13.2 Å². The summed E-state index contributed by atoms with van der Waals surface area (Å²) in [5, 5.41) is 32.4. The van der Waals surface area contributed by atoms with Crippen molar-refractivity contribution >= 4 is 11.9 Å². The number of ether oxygens (including phenoxy) is 2. The Morgan fingerprint density at radius 2 is 0.719 bits per heavy atom. The van der Waals surface area contributed by atoms with Gasteiger partial charge in [0.05, 0.1) is 12.8 Å². The fourth-order valence-electron chi connectivity index (χ4n) is 7.50. The van der Waals surface area contributed by atoms with E-state index in [0.29, 0.717) is 0 Å². The molecule has 0 aliphatic carbocycles. The molecule has 7 nitrogen and oxygen atoms in total. The standard InChI is InChI=1S/C50H66O7/c1-45(2,3)32-16-15-17-33(26-32)49(13,34-18-21-40(51)37(27-34)46(4,5)6)30-43(54)56-24-25-57-44(55)31-50(14,35-19-22-41(52)38(28-35)47(7,8)9)36-20-23-42(53)39(29-36)48(10,11)12/h15-23,26-29,51-53H,24-25,30-31H2,1-14H3. The molecule has 0 amide bonds. The summed E-state index contributed by atoms with van der Waals surface area (Å²) >= 11 is 0. The molecule has 4 aromatic carbocycles. The van der Waals surface area contributed by atoms with Gasteiger partial charge in [-0.3, -0.25) is 9.59 Å². The molecule has 1 atom stereocenters. The fourth-order valence-corrected chi connectivity index (χ4v) is 7.50. The quantitative estimate of drug-likeness (QED) is 0.103. The smallest absolute Gasteiger partial charge is 0.307 e. The summed E-state index contributed by atoms with van der Waals surface area (Å²) in [6.45, 7) is 28.5. The Morgan fingerprint density at radius 1 is 0.421 bits per heavy atom. The Kier molecular flexibility index (Phi) is 12.8. The summed E-state index contributed by atoms with van der Waals surface area (Å²) < 4.78 is 11.5. The van der Waals surface area contributed by atoms with Gasteiger partial charge in [-0.15, -0.1) is 0 Å². The number of hydrogen-bond donors (Lipinski definition) is 3. The number of benzene rings is 4. The number of rotatable bonds is 11. The maximum atomic E-state index is 13.7. The Balaban J connectivity index is 1.58. The highest BCUT2D eigenvalue weighted by Crippen LogP contribution is 2.44. The van der Waals surface area contributed by atoms with Crippen molar-refractivity contribution in [3.8, 4) is 17.2 Å². The number of phenolic OH excluding ortho intramolecular Hbond substituents is 3. The summed E-state index contributed by atoms with van der Waals surface area (Å²) in [5.74, 6) is -0.360. The van der Waals surface area contributed by atoms with Gasteiger partial charge in [0.1, 0.15) is 30.5 Å². The first-order valence-corrected chi connectivity index (χ1v) is 20.0. The first kappa shape index (κ1) is 44.9. The van der Waals surface area contributed by atoms with E-state index >= 15 is 0 Å². The molecule has 1 unspecified atom stereocenters. The fraction of sp³-hybridized carbons (Fsp3) is 0.480. The highest BCUT2D eigenvalue weighted by molar-refractivity contribution is 5.74. The lowest BCUT2D eigenvalue weighted by Crippen LogP contribution is -2.31. The van der Waals surface area contributed by atoms with Crippen LogP contribution in [0.2, 0.25) is 0 Å². The normalized spacial score (nSPS) is 13.9. The first-order chi connectivity index (χ1) is 26.1. The number of hydrogen-bond acceptors (Lipinski definition) is 7. The summed E-state index contributed by atoms with van der Waals surface area (Å²) in [6.07, 6.45) is -0.0162. The van der Waals surface area contributed by atoms with Gasteiger partial charge in [0.25, 0.3) is 0 Å². The number of esters is 2. The molecule has 308 valence electrons. The van der Waals surface area contributed by atoms with Gasteiger partial charge in [0.2, 0.25) is 0 Å². The third kappa shape index (κ3) is 10.4. The topological polar surface area (TPSA) is 113 Å². The second kappa shape index (κ2) is 16.2. The molecule has 0 aliphatic heterocycles. The van der Waals surface area contributed by atoms with Crippen molar-refractivity contribution in [3.63, 3.8) is 0 Å². The maximum absolute atomic E-state index is 13.7. The van der Waals surface area contributed by atoms with Gasteiger partial charge in [-0.05, 0) is 84.4 Å². The zero-order chi connectivity index (χ0) is 42.9. The number of aromatic hydroxyl groups is 3. The highest BCUT2D eigenvalue weighted by atomic mass is 16.6. The molecule has 4 aromatic rings. The summed E-state index contributed by atoms with van der Waals surface area (Å²) in [4.78, 5) is 27.4. The van der Waals surface area contributed by atoms with Gasteiger partial charge in [-0.1, -0.05) is 158 Å². The molecule has 0 fully saturated rings. The Labute approximate surface area is 341 Å². The third-order valence-electron chi connectivity index (χ3n) is 11.3. The molecule has 3 N–H and O–H groups in total. The molecule has 57 heavy (non-hydrogen) atoms. The lowest BCUT2D eigenvalue weighted by atomic mass is 9.70.